The van der Waals surface area contributed by atoms with E-state index in [2.05, 4.69) is 70.5 Å². The molecule has 0 unspecified atom stereocenters. The van der Waals surface area contributed by atoms with Crippen molar-refractivity contribution in [1.82, 2.24) is 24.3 Å². The standard InChI is InChI=1S/C25H25N5S/c1-18-16-29(17-26-18)21-10-5-19(6-11-21)7-14-24-27-25-23(4-3-15-30(25)28-24)20-8-12-22(31-2)13-9-20/h5-14,16-17,23H,3-4,15H2,1-2H3/b14-7+/t23-/m0/s1. The highest BCUT2D eigenvalue weighted by molar-refractivity contribution is 7.98. The number of thioether (sulfide) groups is 1. The molecule has 1 atom stereocenters. The minimum Gasteiger partial charge on any atom is -0.306 e. The molecule has 0 amide bonds. The molecule has 5 nitrogen and oxygen atoms in total. The van der Waals surface area contributed by atoms with E-state index in [1.165, 1.54) is 10.5 Å². The first kappa shape index (κ1) is 19.8. The fraction of sp³-hybridized carbons (Fsp3) is 0.240. The third kappa shape index (κ3) is 4.21. The Balaban J connectivity index is 1.35. The first-order valence-electron chi connectivity index (χ1n) is 10.6. The first-order valence-corrected chi connectivity index (χ1v) is 11.8. The van der Waals surface area contributed by atoms with Crippen molar-refractivity contribution in [2.24, 2.45) is 0 Å². The van der Waals surface area contributed by atoms with Crippen LogP contribution in [-0.2, 0) is 6.54 Å². The summed E-state index contributed by atoms with van der Waals surface area (Å²) in [4.78, 5) is 10.5. The number of hydrogen-bond acceptors (Lipinski definition) is 4. The zero-order chi connectivity index (χ0) is 21.2. The zero-order valence-electron chi connectivity index (χ0n) is 17.8. The third-order valence-electron chi connectivity index (χ3n) is 5.74. The van der Waals surface area contributed by atoms with Crippen LogP contribution in [0.4, 0.5) is 0 Å². The molecule has 0 saturated heterocycles. The van der Waals surface area contributed by atoms with E-state index in [9.17, 15) is 0 Å². The van der Waals surface area contributed by atoms with Crippen LogP contribution in [0.1, 0.15) is 47.2 Å². The van der Waals surface area contributed by atoms with Gasteiger partial charge in [-0.1, -0.05) is 30.3 Å². The van der Waals surface area contributed by atoms with E-state index in [0.29, 0.717) is 5.92 Å². The molecule has 2 aromatic carbocycles. The molecule has 4 aromatic rings. The molecule has 1 aliphatic rings. The van der Waals surface area contributed by atoms with Gasteiger partial charge >= 0.3 is 0 Å². The molecule has 0 radical (unpaired) electrons. The molecule has 0 bridgehead atoms. The summed E-state index contributed by atoms with van der Waals surface area (Å²) in [5, 5.41) is 4.75. The van der Waals surface area contributed by atoms with Gasteiger partial charge in [-0.05, 0) is 67.5 Å². The highest BCUT2D eigenvalue weighted by Gasteiger charge is 2.25. The number of aryl methyl sites for hydroxylation is 2. The van der Waals surface area contributed by atoms with E-state index in [1.54, 1.807) is 11.8 Å². The lowest BCUT2D eigenvalue weighted by atomic mass is 9.91. The van der Waals surface area contributed by atoms with Gasteiger partial charge in [0, 0.05) is 29.2 Å². The molecular formula is C25H25N5S. The fourth-order valence-electron chi connectivity index (χ4n) is 4.08. The van der Waals surface area contributed by atoms with Crippen LogP contribution in [0.3, 0.4) is 0 Å². The van der Waals surface area contributed by atoms with E-state index in [1.807, 2.05) is 30.1 Å². The Labute approximate surface area is 186 Å². The summed E-state index contributed by atoms with van der Waals surface area (Å²) in [6.45, 7) is 2.93. The van der Waals surface area contributed by atoms with Crippen LogP contribution in [0.15, 0.2) is 66.0 Å². The lowest BCUT2D eigenvalue weighted by Gasteiger charge is -2.22. The highest BCUT2D eigenvalue weighted by atomic mass is 32.2. The molecule has 31 heavy (non-hydrogen) atoms. The second kappa shape index (κ2) is 8.55. The quantitative estimate of drug-likeness (QED) is 0.390. The molecule has 0 saturated carbocycles. The molecule has 0 N–H and O–H groups in total. The minimum absolute atomic E-state index is 0.317. The third-order valence-corrected chi connectivity index (χ3v) is 6.48. The minimum atomic E-state index is 0.317. The number of hydrogen-bond donors (Lipinski definition) is 0. The Morgan fingerprint density at radius 1 is 1.03 bits per heavy atom. The summed E-state index contributed by atoms with van der Waals surface area (Å²) in [7, 11) is 0. The molecule has 1 aliphatic heterocycles. The Hall–Kier alpha value is -3.12. The second-order valence-electron chi connectivity index (χ2n) is 7.87. The van der Waals surface area contributed by atoms with Gasteiger partial charge in [0.15, 0.2) is 5.82 Å². The van der Waals surface area contributed by atoms with Crippen molar-refractivity contribution in [1.29, 1.82) is 0 Å². The summed E-state index contributed by atoms with van der Waals surface area (Å²) in [5.74, 6) is 2.17. The van der Waals surface area contributed by atoms with Gasteiger partial charge in [-0.2, -0.15) is 5.10 Å². The van der Waals surface area contributed by atoms with Crippen molar-refractivity contribution < 1.29 is 0 Å². The summed E-state index contributed by atoms with van der Waals surface area (Å²) in [5.41, 5.74) is 4.56. The van der Waals surface area contributed by atoms with Crippen LogP contribution in [0.5, 0.6) is 0 Å². The maximum atomic E-state index is 4.88. The molecule has 6 heteroatoms. The average molecular weight is 428 g/mol. The topological polar surface area (TPSA) is 48.5 Å². The summed E-state index contributed by atoms with van der Waals surface area (Å²) in [6.07, 6.45) is 12.3. The molecule has 0 aliphatic carbocycles. The van der Waals surface area contributed by atoms with Crippen LogP contribution in [0.2, 0.25) is 0 Å². The van der Waals surface area contributed by atoms with Crippen LogP contribution in [0.25, 0.3) is 17.8 Å². The summed E-state index contributed by atoms with van der Waals surface area (Å²) >= 11 is 1.77. The SMILES string of the molecule is CSc1ccc([C@@H]2CCCn3nc(/C=C/c4ccc(-n5cnc(C)c5)cc4)nc32)cc1. The molecule has 0 spiro atoms. The Morgan fingerprint density at radius 2 is 1.84 bits per heavy atom. The molecule has 2 aromatic heterocycles. The zero-order valence-corrected chi connectivity index (χ0v) is 18.6. The normalized spacial score (nSPS) is 16.0. The smallest absolute Gasteiger partial charge is 0.174 e. The number of benzene rings is 2. The Bertz CT molecular complexity index is 1200. The van der Waals surface area contributed by atoms with Gasteiger partial charge in [-0.3, -0.25) is 0 Å². The van der Waals surface area contributed by atoms with Gasteiger partial charge in [-0.25, -0.2) is 14.6 Å². The fourth-order valence-corrected chi connectivity index (χ4v) is 4.49. The number of fused-ring (bicyclic) bond motifs is 1. The lowest BCUT2D eigenvalue weighted by molar-refractivity contribution is 0.445. The molecule has 5 rings (SSSR count). The second-order valence-corrected chi connectivity index (χ2v) is 8.75. The molecular weight excluding hydrogens is 402 g/mol. The van der Waals surface area contributed by atoms with Crippen molar-refractivity contribution in [3.8, 4) is 5.69 Å². The Morgan fingerprint density at radius 3 is 2.55 bits per heavy atom. The monoisotopic (exact) mass is 427 g/mol. The van der Waals surface area contributed by atoms with Crippen molar-refractivity contribution in [2.75, 3.05) is 6.26 Å². The largest absolute Gasteiger partial charge is 0.306 e. The average Bonchev–Trinajstić information content (AvgIpc) is 3.44. The highest BCUT2D eigenvalue weighted by Crippen LogP contribution is 2.33. The first-order chi connectivity index (χ1) is 15.2. The van der Waals surface area contributed by atoms with Crippen molar-refractivity contribution in [2.45, 2.75) is 37.1 Å². The summed E-state index contributed by atoms with van der Waals surface area (Å²) < 4.78 is 4.11. The molecule has 3 heterocycles. The van der Waals surface area contributed by atoms with E-state index in [0.717, 1.165) is 48.0 Å². The number of aromatic nitrogens is 5. The van der Waals surface area contributed by atoms with E-state index >= 15 is 0 Å². The number of nitrogens with zero attached hydrogens (tertiary/aromatic N) is 5. The van der Waals surface area contributed by atoms with Crippen LogP contribution >= 0.6 is 11.8 Å². The number of imidazole rings is 1. The van der Waals surface area contributed by atoms with Gasteiger partial charge in [0.05, 0.1) is 12.0 Å². The van der Waals surface area contributed by atoms with E-state index in [-0.39, 0.29) is 0 Å². The summed E-state index contributed by atoms with van der Waals surface area (Å²) in [6, 6.07) is 17.3. The lowest BCUT2D eigenvalue weighted by Crippen LogP contribution is -2.17. The number of rotatable bonds is 5. The van der Waals surface area contributed by atoms with Crippen molar-refractivity contribution in [3.63, 3.8) is 0 Å². The van der Waals surface area contributed by atoms with Crippen LogP contribution < -0.4 is 0 Å². The maximum absolute atomic E-state index is 4.88. The maximum Gasteiger partial charge on any atom is 0.174 e. The molecule has 0 fully saturated rings. The molecule has 156 valence electrons. The van der Waals surface area contributed by atoms with Gasteiger partial charge in [-0.15, -0.1) is 11.8 Å². The van der Waals surface area contributed by atoms with E-state index in [4.69, 9.17) is 10.1 Å². The Kier molecular flexibility index (Phi) is 5.47. The van der Waals surface area contributed by atoms with Gasteiger partial charge in [0.2, 0.25) is 0 Å². The van der Waals surface area contributed by atoms with Gasteiger partial charge < -0.3 is 4.57 Å². The predicted octanol–water partition coefficient (Wildman–Crippen LogP) is 5.59. The van der Waals surface area contributed by atoms with Crippen LogP contribution in [0, 0.1) is 6.92 Å². The van der Waals surface area contributed by atoms with Gasteiger partial charge in [0.25, 0.3) is 0 Å². The predicted molar refractivity (Wildman–Crippen MR) is 127 cm³/mol. The van der Waals surface area contributed by atoms with Gasteiger partial charge in [0.1, 0.15) is 5.82 Å². The van der Waals surface area contributed by atoms with Crippen molar-refractivity contribution >= 4 is 23.9 Å². The van der Waals surface area contributed by atoms with E-state index < -0.39 is 0 Å². The van der Waals surface area contributed by atoms with Crippen molar-refractivity contribution in [3.05, 3.63) is 89.5 Å². The van der Waals surface area contributed by atoms with Crippen LogP contribution in [-0.4, -0.2) is 30.6 Å².